The lowest BCUT2D eigenvalue weighted by Crippen LogP contribution is -2.12. The zero-order valence-corrected chi connectivity index (χ0v) is 11.1. The van der Waals surface area contributed by atoms with E-state index in [4.69, 9.17) is 5.73 Å². The number of rotatable bonds is 3. The number of carbonyl (C=O) groups is 1. The number of methoxy groups -OCH3 is 1. The summed E-state index contributed by atoms with van der Waals surface area (Å²) in [5, 5.41) is 19.9. The quantitative estimate of drug-likeness (QED) is 0.749. The van der Waals surface area contributed by atoms with E-state index in [0.717, 1.165) is 0 Å². The van der Waals surface area contributed by atoms with Crippen molar-refractivity contribution in [1.82, 2.24) is 4.98 Å². The van der Waals surface area contributed by atoms with Crippen molar-refractivity contribution in [1.29, 1.82) is 0 Å². The number of anilines is 2. The molecule has 8 nitrogen and oxygen atoms in total. The summed E-state index contributed by atoms with van der Waals surface area (Å²) in [7, 11) is 1.21. The first-order chi connectivity index (χ1) is 10.1. The number of nitrogens with one attached hydrogen (secondary N) is 1. The van der Waals surface area contributed by atoms with Gasteiger partial charge in [0.25, 0.3) is 0 Å². The zero-order chi connectivity index (χ0) is 15.2. The molecule has 0 bridgehead atoms. The van der Waals surface area contributed by atoms with Gasteiger partial charge in [-0.1, -0.05) is 18.2 Å². The molecule has 0 saturated carbocycles. The van der Waals surface area contributed by atoms with Gasteiger partial charge in [-0.05, 0) is 12.1 Å². The van der Waals surface area contributed by atoms with Crippen LogP contribution in [-0.2, 0) is 4.74 Å². The largest absolute Gasteiger partial charge is 0.504 e. The van der Waals surface area contributed by atoms with Crippen LogP contribution in [-0.4, -0.2) is 23.3 Å². The normalized spacial score (nSPS) is 10.5. The molecule has 0 aliphatic carbocycles. The molecule has 2 aromatic rings. The lowest BCUT2D eigenvalue weighted by Gasteiger charge is -2.07. The van der Waals surface area contributed by atoms with E-state index in [9.17, 15) is 9.90 Å². The van der Waals surface area contributed by atoms with E-state index >= 15 is 0 Å². The molecule has 4 N–H and O–H groups in total. The monoisotopic (exact) mass is 287 g/mol. The number of benzene rings is 1. The van der Waals surface area contributed by atoms with Crippen LogP contribution in [0.25, 0.3) is 0 Å². The summed E-state index contributed by atoms with van der Waals surface area (Å²) in [6.07, 6.45) is -0.733. The minimum Gasteiger partial charge on any atom is -0.504 e. The predicted molar refractivity (Wildman–Crippen MR) is 77.0 cm³/mol. The predicted octanol–water partition coefficient (Wildman–Crippen LogP) is 2.96. The van der Waals surface area contributed by atoms with Crippen molar-refractivity contribution in [3.05, 3.63) is 36.4 Å². The molecule has 0 fully saturated rings. The number of carbonyl (C=O) groups excluding carboxylic acids is 1. The van der Waals surface area contributed by atoms with Crippen LogP contribution in [0, 0.1) is 0 Å². The van der Waals surface area contributed by atoms with Gasteiger partial charge in [0.2, 0.25) is 0 Å². The standard InChI is InChI=1S/C13H13N5O3/c1-21-13(20)16-12-9(7-10(19)11(14)15-12)18-17-8-5-3-2-4-6-8/h2-7,19H,1H3,(H3,14,15,16,20). The van der Waals surface area contributed by atoms with Crippen LogP contribution in [0.15, 0.2) is 46.6 Å². The van der Waals surface area contributed by atoms with Gasteiger partial charge in [0.1, 0.15) is 5.69 Å². The van der Waals surface area contributed by atoms with Crippen LogP contribution in [0.5, 0.6) is 5.75 Å². The van der Waals surface area contributed by atoms with Crippen molar-refractivity contribution in [2.75, 3.05) is 18.2 Å². The summed E-state index contributed by atoms with van der Waals surface area (Å²) in [6, 6.07) is 10.2. The zero-order valence-electron chi connectivity index (χ0n) is 11.1. The first-order valence-electron chi connectivity index (χ1n) is 5.91. The Labute approximate surface area is 120 Å². The van der Waals surface area contributed by atoms with Gasteiger partial charge in [-0.25, -0.2) is 9.78 Å². The molecule has 0 unspecified atom stereocenters. The van der Waals surface area contributed by atoms with Crippen molar-refractivity contribution in [2.24, 2.45) is 10.2 Å². The van der Waals surface area contributed by atoms with Crippen LogP contribution in [0.2, 0.25) is 0 Å². The molecule has 0 aliphatic rings. The molecule has 1 aromatic heterocycles. The van der Waals surface area contributed by atoms with E-state index in [0.29, 0.717) is 5.69 Å². The fourth-order valence-electron chi connectivity index (χ4n) is 1.43. The number of hydrogen-bond acceptors (Lipinski definition) is 7. The second kappa shape index (κ2) is 6.33. The molecule has 2 rings (SSSR count). The third-order valence-electron chi connectivity index (χ3n) is 2.45. The number of pyridine rings is 1. The average molecular weight is 287 g/mol. The van der Waals surface area contributed by atoms with Crippen molar-refractivity contribution in [2.45, 2.75) is 0 Å². The van der Waals surface area contributed by atoms with Gasteiger partial charge >= 0.3 is 6.09 Å². The maximum absolute atomic E-state index is 11.3. The summed E-state index contributed by atoms with van der Waals surface area (Å²) in [5.74, 6) is -0.357. The SMILES string of the molecule is COC(=O)Nc1nc(N)c(O)cc1N=Nc1ccccc1. The minimum atomic E-state index is -0.733. The van der Waals surface area contributed by atoms with Crippen molar-refractivity contribution < 1.29 is 14.6 Å². The maximum Gasteiger partial charge on any atom is 0.412 e. The third kappa shape index (κ3) is 3.66. The molecular weight excluding hydrogens is 274 g/mol. The Balaban J connectivity index is 2.34. The lowest BCUT2D eigenvalue weighted by molar-refractivity contribution is 0.187. The molecule has 8 heteroatoms. The second-order valence-corrected chi connectivity index (χ2v) is 3.91. The average Bonchev–Trinajstić information content (AvgIpc) is 2.50. The number of nitrogens with two attached hydrogens (primary N) is 1. The van der Waals surface area contributed by atoms with E-state index in [-0.39, 0.29) is 23.1 Å². The molecule has 108 valence electrons. The molecule has 1 amide bonds. The minimum absolute atomic E-state index is 0.0387. The second-order valence-electron chi connectivity index (χ2n) is 3.91. The molecule has 0 radical (unpaired) electrons. The molecule has 0 spiro atoms. The summed E-state index contributed by atoms with van der Waals surface area (Å²) in [4.78, 5) is 15.1. The molecule has 0 saturated heterocycles. The fourth-order valence-corrected chi connectivity index (χ4v) is 1.43. The van der Waals surface area contributed by atoms with Gasteiger partial charge < -0.3 is 15.6 Å². The molecular formula is C13H13N5O3. The third-order valence-corrected chi connectivity index (χ3v) is 2.45. The van der Waals surface area contributed by atoms with E-state index < -0.39 is 6.09 Å². The van der Waals surface area contributed by atoms with Gasteiger partial charge in [0.15, 0.2) is 17.4 Å². The van der Waals surface area contributed by atoms with Crippen molar-refractivity contribution >= 4 is 29.1 Å². The Morgan fingerprint density at radius 1 is 1.33 bits per heavy atom. The van der Waals surface area contributed by atoms with E-state index in [1.54, 1.807) is 24.3 Å². The molecule has 1 aromatic carbocycles. The number of azo groups is 1. The van der Waals surface area contributed by atoms with E-state index in [1.165, 1.54) is 13.2 Å². The van der Waals surface area contributed by atoms with E-state index in [1.807, 2.05) is 6.07 Å². The smallest absolute Gasteiger partial charge is 0.412 e. The van der Waals surface area contributed by atoms with Gasteiger partial charge in [-0.15, -0.1) is 5.11 Å². The van der Waals surface area contributed by atoms with Gasteiger partial charge in [-0.2, -0.15) is 5.11 Å². The Morgan fingerprint density at radius 2 is 2.05 bits per heavy atom. The van der Waals surface area contributed by atoms with Gasteiger partial charge in [0, 0.05) is 6.07 Å². The van der Waals surface area contributed by atoms with Crippen LogP contribution < -0.4 is 11.1 Å². The van der Waals surface area contributed by atoms with Gasteiger partial charge in [-0.3, -0.25) is 5.32 Å². The highest BCUT2D eigenvalue weighted by molar-refractivity contribution is 5.87. The first-order valence-corrected chi connectivity index (χ1v) is 5.91. The van der Waals surface area contributed by atoms with Crippen LogP contribution >= 0.6 is 0 Å². The summed E-state index contributed by atoms with van der Waals surface area (Å²) in [6.45, 7) is 0. The topological polar surface area (TPSA) is 122 Å². The van der Waals surface area contributed by atoms with E-state index in [2.05, 4.69) is 25.3 Å². The summed E-state index contributed by atoms with van der Waals surface area (Å²) in [5.41, 5.74) is 6.25. The van der Waals surface area contributed by atoms with Crippen molar-refractivity contribution in [3.8, 4) is 5.75 Å². The number of nitrogen functional groups attached to an aromatic ring is 1. The molecule has 21 heavy (non-hydrogen) atoms. The molecule has 1 heterocycles. The molecule has 0 atom stereocenters. The van der Waals surface area contributed by atoms with Gasteiger partial charge in [0.05, 0.1) is 12.8 Å². The van der Waals surface area contributed by atoms with Crippen molar-refractivity contribution in [3.63, 3.8) is 0 Å². The highest BCUT2D eigenvalue weighted by atomic mass is 16.5. The maximum atomic E-state index is 11.3. The van der Waals surface area contributed by atoms with Crippen LogP contribution in [0.4, 0.5) is 27.8 Å². The van der Waals surface area contributed by atoms with Crippen LogP contribution in [0.3, 0.4) is 0 Å². The molecule has 0 aliphatic heterocycles. The Morgan fingerprint density at radius 3 is 2.71 bits per heavy atom. The Hall–Kier alpha value is -3.16. The van der Waals surface area contributed by atoms with Crippen LogP contribution in [0.1, 0.15) is 0 Å². The number of amides is 1. The fraction of sp³-hybridized carbons (Fsp3) is 0.0769. The number of aromatic nitrogens is 1. The number of aromatic hydroxyl groups is 1. The summed E-state index contributed by atoms with van der Waals surface area (Å²) >= 11 is 0. The Kier molecular flexibility index (Phi) is 4.30. The Bertz CT molecular complexity index is 673. The highest BCUT2D eigenvalue weighted by Crippen LogP contribution is 2.32. The number of hydrogen-bond donors (Lipinski definition) is 3. The highest BCUT2D eigenvalue weighted by Gasteiger charge is 2.12. The number of ether oxygens (including phenoxy) is 1. The lowest BCUT2D eigenvalue weighted by atomic mass is 10.3. The first kappa shape index (κ1) is 14.3. The number of nitrogens with zero attached hydrogens (tertiary/aromatic N) is 3. The summed E-state index contributed by atoms with van der Waals surface area (Å²) < 4.78 is 4.48.